The molecule has 0 aromatic heterocycles. The van der Waals surface area contributed by atoms with Crippen molar-refractivity contribution < 1.29 is 9.53 Å². The van der Waals surface area contributed by atoms with Crippen LogP contribution in [0.15, 0.2) is 29.2 Å². The first-order chi connectivity index (χ1) is 7.94. The van der Waals surface area contributed by atoms with Crippen LogP contribution in [0.5, 0.6) is 0 Å². The fraction of sp³-hybridized carbons (Fsp3) is 0.500. The number of carbonyl (C=O) groups is 1. The number of ketones is 1. The number of Topliss-reactive ketones (excluding diaryl/α,β-unsaturated/α-hetero) is 1. The molecule has 0 aliphatic rings. The number of thioether (sulfide) groups is 1. The van der Waals surface area contributed by atoms with Gasteiger partial charge >= 0.3 is 0 Å². The van der Waals surface area contributed by atoms with E-state index in [9.17, 15) is 4.79 Å². The molecule has 1 aromatic rings. The van der Waals surface area contributed by atoms with Gasteiger partial charge in [0.2, 0.25) is 0 Å². The number of methoxy groups -OCH3 is 1. The maximum Gasteiger partial charge on any atom is 0.159 e. The Morgan fingerprint density at radius 3 is 2.35 bits per heavy atom. The largest absolute Gasteiger partial charge is 0.379 e. The maximum atomic E-state index is 11.1. The molecule has 0 aliphatic carbocycles. The highest BCUT2D eigenvalue weighted by Crippen LogP contribution is 2.23. The van der Waals surface area contributed by atoms with E-state index in [0.717, 1.165) is 17.7 Å². The summed E-state index contributed by atoms with van der Waals surface area (Å²) in [5.41, 5.74) is 0.707. The summed E-state index contributed by atoms with van der Waals surface area (Å²) < 4.78 is 5.37. The molecule has 3 heteroatoms. The van der Waals surface area contributed by atoms with Gasteiger partial charge in [0, 0.05) is 23.3 Å². The SMILES string of the molecule is COC(C)(C)CCSc1ccc(C(C)=O)cc1. The summed E-state index contributed by atoms with van der Waals surface area (Å²) in [4.78, 5) is 12.3. The lowest BCUT2D eigenvalue weighted by molar-refractivity contribution is 0.0207. The highest BCUT2D eigenvalue weighted by molar-refractivity contribution is 7.99. The number of hydrogen-bond donors (Lipinski definition) is 0. The second kappa shape index (κ2) is 6.22. The molecule has 2 nitrogen and oxygen atoms in total. The topological polar surface area (TPSA) is 26.3 Å². The first-order valence-electron chi connectivity index (χ1n) is 5.73. The van der Waals surface area contributed by atoms with Gasteiger partial charge in [-0.2, -0.15) is 0 Å². The first-order valence-corrected chi connectivity index (χ1v) is 6.72. The fourth-order valence-corrected chi connectivity index (χ4v) is 2.46. The molecule has 0 saturated carbocycles. The Kier molecular flexibility index (Phi) is 5.22. The molecular formula is C14H20O2S. The van der Waals surface area contributed by atoms with Gasteiger partial charge < -0.3 is 4.74 Å². The molecule has 0 bridgehead atoms. The second-order valence-corrected chi connectivity index (χ2v) is 5.81. The highest BCUT2D eigenvalue weighted by Gasteiger charge is 2.15. The van der Waals surface area contributed by atoms with E-state index in [1.54, 1.807) is 25.8 Å². The Hall–Kier alpha value is -0.800. The van der Waals surface area contributed by atoms with Crippen LogP contribution in [-0.4, -0.2) is 24.2 Å². The van der Waals surface area contributed by atoms with E-state index in [2.05, 4.69) is 13.8 Å². The van der Waals surface area contributed by atoms with Crippen molar-refractivity contribution in [2.24, 2.45) is 0 Å². The van der Waals surface area contributed by atoms with Crippen LogP contribution in [0.2, 0.25) is 0 Å². The molecule has 0 N–H and O–H groups in total. The molecule has 0 amide bonds. The summed E-state index contributed by atoms with van der Waals surface area (Å²) in [7, 11) is 1.74. The zero-order chi connectivity index (χ0) is 12.9. The average molecular weight is 252 g/mol. The van der Waals surface area contributed by atoms with Crippen molar-refractivity contribution in [3.63, 3.8) is 0 Å². The lowest BCUT2D eigenvalue weighted by Gasteiger charge is -2.22. The van der Waals surface area contributed by atoms with E-state index in [4.69, 9.17) is 4.74 Å². The Morgan fingerprint density at radius 2 is 1.88 bits per heavy atom. The molecule has 0 atom stereocenters. The Balaban J connectivity index is 2.45. The van der Waals surface area contributed by atoms with Crippen LogP contribution in [-0.2, 0) is 4.74 Å². The summed E-state index contributed by atoms with van der Waals surface area (Å²) in [5.74, 6) is 1.13. The van der Waals surface area contributed by atoms with Crippen molar-refractivity contribution in [1.82, 2.24) is 0 Å². The molecule has 0 spiro atoms. The third-order valence-corrected chi connectivity index (χ3v) is 3.80. The van der Waals surface area contributed by atoms with Gasteiger partial charge in [0.25, 0.3) is 0 Å². The van der Waals surface area contributed by atoms with E-state index in [1.165, 1.54) is 4.90 Å². The molecular weight excluding hydrogens is 232 g/mol. The number of ether oxygens (including phenoxy) is 1. The average Bonchev–Trinajstić information content (AvgIpc) is 2.29. The summed E-state index contributed by atoms with van der Waals surface area (Å²) in [6, 6.07) is 7.76. The van der Waals surface area contributed by atoms with E-state index in [1.807, 2.05) is 24.3 Å². The fourth-order valence-electron chi connectivity index (χ4n) is 1.30. The van der Waals surface area contributed by atoms with E-state index >= 15 is 0 Å². The lowest BCUT2D eigenvalue weighted by atomic mass is 10.1. The van der Waals surface area contributed by atoms with Crippen molar-refractivity contribution in [1.29, 1.82) is 0 Å². The van der Waals surface area contributed by atoms with Crippen molar-refractivity contribution in [3.8, 4) is 0 Å². The van der Waals surface area contributed by atoms with E-state index < -0.39 is 0 Å². The molecule has 1 rings (SSSR count). The molecule has 0 radical (unpaired) electrons. The van der Waals surface area contributed by atoms with Crippen molar-refractivity contribution in [2.75, 3.05) is 12.9 Å². The Bertz CT molecular complexity index is 368. The van der Waals surface area contributed by atoms with Gasteiger partial charge in [-0.15, -0.1) is 11.8 Å². The molecule has 0 fully saturated rings. The number of benzene rings is 1. The minimum absolute atomic E-state index is 0.0632. The predicted octanol–water partition coefficient (Wildman–Crippen LogP) is 3.80. The number of carbonyl (C=O) groups excluding carboxylic acids is 1. The highest BCUT2D eigenvalue weighted by atomic mass is 32.2. The Labute approximate surface area is 108 Å². The number of rotatable bonds is 6. The summed E-state index contributed by atoms with van der Waals surface area (Å²) in [6.45, 7) is 5.77. The standard InChI is InChI=1S/C14H20O2S/c1-11(15)12-5-7-13(8-6-12)17-10-9-14(2,3)16-4/h5-8H,9-10H2,1-4H3. The van der Waals surface area contributed by atoms with Gasteiger partial charge in [-0.25, -0.2) is 0 Å². The van der Waals surface area contributed by atoms with Crippen LogP contribution in [0.1, 0.15) is 37.6 Å². The van der Waals surface area contributed by atoms with Crippen LogP contribution in [0.4, 0.5) is 0 Å². The van der Waals surface area contributed by atoms with Crippen LogP contribution in [0.25, 0.3) is 0 Å². The maximum absolute atomic E-state index is 11.1. The predicted molar refractivity (Wildman–Crippen MR) is 72.9 cm³/mol. The summed E-state index contributed by atoms with van der Waals surface area (Å²) in [5, 5.41) is 0. The lowest BCUT2D eigenvalue weighted by Crippen LogP contribution is -2.22. The van der Waals surface area contributed by atoms with Crippen LogP contribution in [0, 0.1) is 0 Å². The zero-order valence-corrected chi connectivity index (χ0v) is 11.8. The monoisotopic (exact) mass is 252 g/mol. The van der Waals surface area contributed by atoms with Gasteiger partial charge in [0.05, 0.1) is 5.60 Å². The normalized spacial score (nSPS) is 11.5. The molecule has 0 saturated heterocycles. The summed E-state index contributed by atoms with van der Waals surface area (Å²) in [6.07, 6.45) is 1.00. The minimum atomic E-state index is -0.0632. The van der Waals surface area contributed by atoms with Crippen LogP contribution < -0.4 is 0 Å². The van der Waals surface area contributed by atoms with Crippen LogP contribution in [0.3, 0.4) is 0 Å². The molecule has 0 heterocycles. The molecule has 0 aliphatic heterocycles. The minimum Gasteiger partial charge on any atom is -0.379 e. The van der Waals surface area contributed by atoms with Gasteiger partial charge in [-0.1, -0.05) is 12.1 Å². The van der Waals surface area contributed by atoms with Crippen LogP contribution >= 0.6 is 11.8 Å². The van der Waals surface area contributed by atoms with Gasteiger partial charge in [0.15, 0.2) is 5.78 Å². The molecule has 17 heavy (non-hydrogen) atoms. The van der Waals surface area contributed by atoms with E-state index in [-0.39, 0.29) is 11.4 Å². The quantitative estimate of drug-likeness (QED) is 0.569. The summed E-state index contributed by atoms with van der Waals surface area (Å²) >= 11 is 1.79. The number of hydrogen-bond acceptors (Lipinski definition) is 3. The smallest absolute Gasteiger partial charge is 0.159 e. The molecule has 0 unspecified atom stereocenters. The zero-order valence-electron chi connectivity index (χ0n) is 10.9. The Morgan fingerprint density at radius 1 is 1.29 bits per heavy atom. The van der Waals surface area contributed by atoms with Gasteiger partial charge in [0.1, 0.15) is 0 Å². The third kappa shape index (κ3) is 4.92. The molecule has 94 valence electrons. The van der Waals surface area contributed by atoms with Crippen molar-refractivity contribution in [3.05, 3.63) is 29.8 Å². The second-order valence-electron chi connectivity index (χ2n) is 4.64. The van der Waals surface area contributed by atoms with Crippen molar-refractivity contribution >= 4 is 17.5 Å². The van der Waals surface area contributed by atoms with Gasteiger partial charge in [-0.05, 0) is 39.3 Å². The van der Waals surface area contributed by atoms with E-state index in [0.29, 0.717) is 0 Å². The third-order valence-electron chi connectivity index (χ3n) is 2.79. The first kappa shape index (κ1) is 14.3. The van der Waals surface area contributed by atoms with Gasteiger partial charge in [-0.3, -0.25) is 4.79 Å². The molecule has 1 aromatic carbocycles. The van der Waals surface area contributed by atoms with Crippen molar-refractivity contribution in [2.45, 2.75) is 37.7 Å².